The van der Waals surface area contributed by atoms with Gasteiger partial charge in [0, 0.05) is 10.8 Å². The second-order valence-corrected chi connectivity index (χ2v) is 8.95. The van der Waals surface area contributed by atoms with E-state index < -0.39 is 0 Å². The number of ether oxygens (including phenoxy) is 1. The molecule has 0 aliphatic heterocycles. The number of nitrogens with one attached hydrogen (secondary N) is 1. The second kappa shape index (κ2) is 7.74. The molecule has 0 saturated carbocycles. The van der Waals surface area contributed by atoms with Crippen molar-refractivity contribution in [2.24, 2.45) is 0 Å². The summed E-state index contributed by atoms with van der Waals surface area (Å²) in [5.74, 6) is 0.00351. The van der Waals surface area contributed by atoms with E-state index in [-0.39, 0.29) is 23.7 Å². The molecule has 27 heavy (non-hydrogen) atoms. The Kier molecular flexibility index (Phi) is 5.57. The highest BCUT2D eigenvalue weighted by Crippen LogP contribution is 2.27. The van der Waals surface area contributed by atoms with Crippen LogP contribution in [0.1, 0.15) is 46.8 Å². The van der Waals surface area contributed by atoms with Crippen molar-refractivity contribution in [1.82, 2.24) is 9.97 Å². The van der Waals surface area contributed by atoms with Gasteiger partial charge in [-0.25, -0.2) is 14.4 Å². The van der Waals surface area contributed by atoms with Gasteiger partial charge in [0.15, 0.2) is 5.13 Å². The van der Waals surface area contributed by atoms with E-state index in [0.717, 1.165) is 5.69 Å². The zero-order valence-electron chi connectivity index (χ0n) is 15.5. The Morgan fingerprint density at radius 3 is 2.56 bits per heavy atom. The molecule has 0 aliphatic carbocycles. The Hall–Kier alpha value is -2.32. The van der Waals surface area contributed by atoms with Crippen molar-refractivity contribution in [2.75, 3.05) is 5.32 Å². The van der Waals surface area contributed by atoms with E-state index in [2.05, 4.69) is 36.1 Å². The molecule has 0 radical (unpaired) electrons. The lowest BCUT2D eigenvalue weighted by Crippen LogP contribution is -2.14. The highest BCUT2D eigenvalue weighted by Gasteiger charge is 2.20. The molecule has 0 fully saturated rings. The molecular formula is C19H20FN3O2S2. The van der Waals surface area contributed by atoms with Gasteiger partial charge in [0.2, 0.25) is 0 Å². The van der Waals surface area contributed by atoms with Crippen LogP contribution in [0, 0.1) is 12.7 Å². The van der Waals surface area contributed by atoms with Crippen molar-refractivity contribution in [2.45, 2.75) is 39.7 Å². The maximum Gasteiger partial charge on any atom is 0.269 e. The molecule has 2 aromatic heterocycles. The number of aryl methyl sites for hydroxylation is 1. The van der Waals surface area contributed by atoms with Gasteiger partial charge in [-0.2, -0.15) is 0 Å². The molecule has 142 valence electrons. The Morgan fingerprint density at radius 1 is 1.22 bits per heavy atom. The molecule has 0 bridgehead atoms. The van der Waals surface area contributed by atoms with E-state index >= 15 is 0 Å². The molecule has 1 amide bonds. The minimum atomic E-state index is -0.316. The number of aromatic nitrogens is 2. The molecule has 1 N–H and O–H groups in total. The molecule has 5 nitrogen and oxygen atoms in total. The summed E-state index contributed by atoms with van der Waals surface area (Å²) in [6.45, 7) is 8.24. The van der Waals surface area contributed by atoms with Gasteiger partial charge in [0.05, 0.1) is 11.4 Å². The zero-order chi connectivity index (χ0) is 19.6. The number of anilines is 1. The monoisotopic (exact) mass is 405 g/mol. The van der Waals surface area contributed by atoms with Crippen molar-refractivity contribution in [3.05, 3.63) is 56.7 Å². The Labute approximate surface area is 165 Å². The molecule has 0 saturated heterocycles. The fraction of sp³-hybridized carbons (Fsp3) is 0.316. The molecule has 3 rings (SSSR count). The summed E-state index contributed by atoms with van der Waals surface area (Å²) in [5.41, 5.74) is 1.52. The van der Waals surface area contributed by atoms with Gasteiger partial charge in [0.25, 0.3) is 5.91 Å². The van der Waals surface area contributed by atoms with Crippen LogP contribution in [0.25, 0.3) is 0 Å². The highest BCUT2D eigenvalue weighted by molar-refractivity contribution is 7.15. The third-order valence-electron chi connectivity index (χ3n) is 3.72. The lowest BCUT2D eigenvalue weighted by atomic mass is 9.93. The van der Waals surface area contributed by atoms with Crippen LogP contribution >= 0.6 is 22.7 Å². The lowest BCUT2D eigenvalue weighted by molar-refractivity contribution is 0.102. The molecular weight excluding hydrogens is 385 g/mol. The summed E-state index contributed by atoms with van der Waals surface area (Å²) in [4.78, 5) is 22.0. The van der Waals surface area contributed by atoms with Crippen molar-refractivity contribution in [3.63, 3.8) is 0 Å². The maximum atomic E-state index is 12.9. The summed E-state index contributed by atoms with van der Waals surface area (Å²) < 4.78 is 18.5. The van der Waals surface area contributed by atoms with E-state index in [1.807, 2.05) is 5.38 Å². The molecule has 8 heteroatoms. The van der Waals surface area contributed by atoms with Crippen molar-refractivity contribution in [1.29, 1.82) is 0 Å². The van der Waals surface area contributed by atoms with E-state index in [4.69, 9.17) is 4.74 Å². The van der Waals surface area contributed by atoms with Gasteiger partial charge in [-0.15, -0.1) is 22.7 Å². The standard InChI is InChI=1S/C19H20FN3O2S2/c1-11-16(17(24)23-18-22-14(10-26-18)19(2,3)4)27-15(21-11)9-25-13-7-5-12(20)6-8-13/h5-8,10H,9H2,1-4H3,(H,22,23,24). The third-order valence-corrected chi connectivity index (χ3v) is 5.60. The molecule has 0 aliphatic rings. The number of carbonyl (C=O) groups excluding carboxylic acids is 1. The van der Waals surface area contributed by atoms with Crippen molar-refractivity contribution >= 4 is 33.7 Å². The first-order valence-electron chi connectivity index (χ1n) is 8.34. The first kappa shape index (κ1) is 19.4. The number of amides is 1. The van der Waals surface area contributed by atoms with Crippen LogP contribution < -0.4 is 10.1 Å². The second-order valence-electron chi connectivity index (χ2n) is 7.01. The molecule has 0 atom stereocenters. The number of thiazole rings is 2. The maximum absolute atomic E-state index is 12.9. The summed E-state index contributed by atoms with van der Waals surface area (Å²) in [5, 5.41) is 6.05. The first-order chi connectivity index (χ1) is 12.7. The number of halogens is 1. The quantitative estimate of drug-likeness (QED) is 0.636. The topological polar surface area (TPSA) is 64.1 Å². The Bertz CT molecular complexity index is 943. The first-order valence-corrected chi connectivity index (χ1v) is 10.0. The number of hydrogen-bond donors (Lipinski definition) is 1. The average molecular weight is 406 g/mol. The van der Waals surface area contributed by atoms with Gasteiger partial charge in [-0.3, -0.25) is 10.1 Å². The molecule has 0 unspecified atom stereocenters. The third kappa shape index (κ3) is 4.90. The van der Waals surface area contributed by atoms with Crippen LogP contribution in [0.5, 0.6) is 5.75 Å². The largest absolute Gasteiger partial charge is 0.486 e. The van der Waals surface area contributed by atoms with Crippen LogP contribution in [0.3, 0.4) is 0 Å². The van der Waals surface area contributed by atoms with Crippen molar-refractivity contribution in [3.8, 4) is 5.75 Å². The molecule has 1 aromatic carbocycles. The normalized spacial score (nSPS) is 11.4. The van der Waals surface area contributed by atoms with E-state index in [1.165, 1.54) is 34.8 Å². The van der Waals surface area contributed by atoms with Gasteiger partial charge in [-0.05, 0) is 31.2 Å². The minimum absolute atomic E-state index is 0.0647. The SMILES string of the molecule is Cc1nc(COc2ccc(F)cc2)sc1C(=O)Nc1nc(C(C)(C)C)cs1. The van der Waals surface area contributed by atoms with Crippen LogP contribution in [-0.4, -0.2) is 15.9 Å². The summed E-state index contributed by atoms with van der Waals surface area (Å²) >= 11 is 2.68. The number of rotatable bonds is 5. The molecule has 0 spiro atoms. The van der Waals surface area contributed by atoms with E-state index in [9.17, 15) is 9.18 Å². The average Bonchev–Trinajstić information content (AvgIpc) is 3.21. The van der Waals surface area contributed by atoms with Crippen LogP contribution in [0.15, 0.2) is 29.6 Å². The summed E-state index contributed by atoms with van der Waals surface area (Å²) in [6, 6.07) is 5.78. The fourth-order valence-electron chi connectivity index (χ4n) is 2.23. The van der Waals surface area contributed by atoms with Gasteiger partial charge >= 0.3 is 0 Å². The van der Waals surface area contributed by atoms with Crippen LogP contribution in [0.4, 0.5) is 9.52 Å². The predicted molar refractivity (Wildman–Crippen MR) is 106 cm³/mol. The number of hydrogen-bond acceptors (Lipinski definition) is 6. The number of nitrogens with zero attached hydrogens (tertiary/aromatic N) is 2. The Balaban J connectivity index is 1.65. The van der Waals surface area contributed by atoms with Gasteiger partial charge in [0.1, 0.15) is 28.1 Å². The van der Waals surface area contributed by atoms with Gasteiger partial charge < -0.3 is 4.74 Å². The highest BCUT2D eigenvalue weighted by atomic mass is 32.1. The smallest absolute Gasteiger partial charge is 0.269 e. The number of benzene rings is 1. The van der Waals surface area contributed by atoms with Crippen molar-refractivity contribution < 1.29 is 13.9 Å². The van der Waals surface area contributed by atoms with Gasteiger partial charge in [-0.1, -0.05) is 20.8 Å². The van der Waals surface area contributed by atoms with Crippen LogP contribution in [-0.2, 0) is 12.0 Å². The van der Waals surface area contributed by atoms with E-state index in [1.54, 1.807) is 19.1 Å². The summed E-state index contributed by atoms with van der Waals surface area (Å²) in [7, 11) is 0. The molecule has 2 heterocycles. The fourth-order valence-corrected chi connectivity index (χ4v) is 4.04. The van der Waals surface area contributed by atoms with E-state index in [0.29, 0.717) is 26.5 Å². The minimum Gasteiger partial charge on any atom is -0.486 e. The molecule has 3 aromatic rings. The number of carbonyl (C=O) groups is 1. The Morgan fingerprint density at radius 2 is 1.93 bits per heavy atom. The summed E-state index contributed by atoms with van der Waals surface area (Å²) in [6.07, 6.45) is 0. The lowest BCUT2D eigenvalue weighted by Gasteiger charge is -2.14. The predicted octanol–water partition coefficient (Wildman–Crippen LogP) is 5.18. The zero-order valence-corrected chi connectivity index (χ0v) is 17.1. The van der Waals surface area contributed by atoms with Crippen LogP contribution in [0.2, 0.25) is 0 Å².